The number of carbonyl (C=O) groups is 1. The molecule has 94 valence electrons. The van der Waals surface area contributed by atoms with Gasteiger partial charge in [0.1, 0.15) is 6.10 Å². The Hall–Kier alpha value is -1.62. The number of rotatable bonds is 6. The van der Waals surface area contributed by atoms with Crippen molar-refractivity contribution < 1.29 is 14.3 Å². The maximum atomic E-state index is 11.4. The zero-order valence-electron chi connectivity index (χ0n) is 10.4. The molecule has 0 bridgehead atoms. The van der Waals surface area contributed by atoms with Gasteiger partial charge in [-0.1, -0.05) is 0 Å². The van der Waals surface area contributed by atoms with Crippen LogP contribution >= 0.6 is 0 Å². The highest BCUT2D eigenvalue weighted by molar-refractivity contribution is 5.89. The molecule has 0 amide bonds. The van der Waals surface area contributed by atoms with Crippen LogP contribution < -0.4 is 10.1 Å². The summed E-state index contributed by atoms with van der Waals surface area (Å²) in [5, 5.41) is 3.01. The van der Waals surface area contributed by atoms with Gasteiger partial charge in [-0.3, -0.25) is 0 Å². The topological polar surface area (TPSA) is 60.5 Å². The minimum atomic E-state index is -0.366. The summed E-state index contributed by atoms with van der Waals surface area (Å²) >= 11 is 0. The van der Waals surface area contributed by atoms with Crippen LogP contribution in [0.3, 0.4) is 0 Å². The Morgan fingerprint density at radius 1 is 1.53 bits per heavy atom. The van der Waals surface area contributed by atoms with Gasteiger partial charge in [0.2, 0.25) is 5.88 Å². The van der Waals surface area contributed by atoms with Crippen LogP contribution in [0, 0.1) is 0 Å². The summed E-state index contributed by atoms with van der Waals surface area (Å²) in [5.41, 5.74) is 0.431. The van der Waals surface area contributed by atoms with Gasteiger partial charge in [0.05, 0.1) is 12.2 Å². The summed E-state index contributed by atoms with van der Waals surface area (Å²) in [6, 6.07) is 3.31. The molecular weight excluding hydrogens is 220 g/mol. The van der Waals surface area contributed by atoms with Crippen molar-refractivity contribution in [2.45, 2.75) is 20.0 Å². The van der Waals surface area contributed by atoms with Crippen LogP contribution in [0.4, 0.5) is 0 Å². The van der Waals surface area contributed by atoms with Crippen LogP contribution in [0.25, 0.3) is 0 Å². The van der Waals surface area contributed by atoms with E-state index in [0.717, 1.165) is 6.54 Å². The molecule has 5 nitrogen and oxygen atoms in total. The van der Waals surface area contributed by atoms with Crippen LogP contribution in [0.5, 0.6) is 5.88 Å². The Bertz CT molecular complexity index is 351. The summed E-state index contributed by atoms with van der Waals surface area (Å²) < 4.78 is 10.4. The average Bonchev–Trinajstić information content (AvgIpc) is 2.30. The molecule has 0 radical (unpaired) electrons. The van der Waals surface area contributed by atoms with Gasteiger partial charge in [-0.05, 0) is 27.0 Å². The Morgan fingerprint density at radius 3 is 2.82 bits per heavy atom. The van der Waals surface area contributed by atoms with Gasteiger partial charge in [0, 0.05) is 18.8 Å². The number of likely N-dealkylation sites (N-methyl/N-ethyl adjacent to an activating group) is 1. The SMILES string of the molecule is CCOC(=O)c1ccc(OC(C)CNC)nc1. The van der Waals surface area contributed by atoms with Gasteiger partial charge in [-0.15, -0.1) is 0 Å². The second-order valence-corrected chi connectivity index (χ2v) is 3.59. The maximum absolute atomic E-state index is 11.4. The number of carbonyl (C=O) groups excluding carboxylic acids is 1. The number of ether oxygens (including phenoxy) is 2. The zero-order valence-corrected chi connectivity index (χ0v) is 10.4. The van der Waals surface area contributed by atoms with Gasteiger partial charge in [0.25, 0.3) is 0 Å². The van der Waals surface area contributed by atoms with Gasteiger partial charge >= 0.3 is 5.97 Å². The van der Waals surface area contributed by atoms with E-state index >= 15 is 0 Å². The molecule has 1 heterocycles. The largest absolute Gasteiger partial charge is 0.473 e. The molecule has 0 saturated heterocycles. The minimum absolute atomic E-state index is 0.0287. The van der Waals surface area contributed by atoms with Crippen molar-refractivity contribution in [2.24, 2.45) is 0 Å². The van der Waals surface area contributed by atoms with Gasteiger partial charge in [-0.25, -0.2) is 9.78 Å². The second-order valence-electron chi connectivity index (χ2n) is 3.59. The normalized spacial score (nSPS) is 11.9. The van der Waals surface area contributed by atoms with E-state index in [1.165, 1.54) is 6.20 Å². The quantitative estimate of drug-likeness (QED) is 0.756. The van der Waals surface area contributed by atoms with E-state index < -0.39 is 0 Å². The third-order valence-electron chi connectivity index (χ3n) is 2.06. The molecule has 1 aromatic heterocycles. The highest BCUT2D eigenvalue weighted by Crippen LogP contribution is 2.10. The lowest BCUT2D eigenvalue weighted by Crippen LogP contribution is -2.26. The number of hydrogen-bond acceptors (Lipinski definition) is 5. The van der Waals surface area contributed by atoms with Crippen molar-refractivity contribution >= 4 is 5.97 Å². The van der Waals surface area contributed by atoms with Gasteiger partial charge in [0.15, 0.2) is 0 Å². The fraction of sp³-hybridized carbons (Fsp3) is 0.500. The molecule has 0 aliphatic heterocycles. The molecule has 0 fully saturated rings. The predicted molar refractivity (Wildman–Crippen MR) is 64.2 cm³/mol. The predicted octanol–water partition coefficient (Wildman–Crippen LogP) is 1.24. The first-order valence-electron chi connectivity index (χ1n) is 5.61. The molecule has 1 N–H and O–H groups in total. The van der Waals surface area contributed by atoms with Gasteiger partial charge in [-0.2, -0.15) is 0 Å². The van der Waals surface area contributed by atoms with Crippen molar-refractivity contribution in [3.05, 3.63) is 23.9 Å². The molecular formula is C12H18N2O3. The first-order valence-corrected chi connectivity index (χ1v) is 5.61. The number of nitrogens with one attached hydrogen (secondary N) is 1. The molecule has 0 spiro atoms. The molecule has 17 heavy (non-hydrogen) atoms. The molecule has 0 aliphatic rings. The lowest BCUT2D eigenvalue weighted by molar-refractivity contribution is 0.0525. The zero-order chi connectivity index (χ0) is 12.7. The smallest absolute Gasteiger partial charge is 0.339 e. The molecule has 0 aliphatic carbocycles. The number of hydrogen-bond donors (Lipinski definition) is 1. The fourth-order valence-electron chi connectivity index (χ4n) is 1.32. The average molecular weight is 238 g/mol. The van der Waals surface area contributed by atoms with Crippen LogP contribution in [0.2, 0.25) is 0 Å². The highest BCUT2D eigenvalue weighted by Gasteiger charge is 2.08. The van der Waals surface area contributed by atoms with E-state index in [9.17, 15) is 4.79 Å². The van der Waals surface area contributed by atoms with Crippen molar-refractivity contribution in [3.8, 4) is 5.88 Å². The Kier molecular flexibility index (Phi) is 5.42. The van der Waals surface area contributed by atoms with Crippen molar-refractivity contribution in [2.75, 3.05) is 20.2 Å². The summed E-state index contributed by atoms with van der Waals surface area (Å²) in [4.78, 5) is 15.4. The van der Waals surface area contributed by atoms with E-state index in [0.29, 0.717) is 18.1 Å². The minimum Gasteiger partial charge on any atom is -0.473 e. The second kappa shape index (κ2) is 6.85. The summed E-state index contributed by atoms with van der Waals surface area (Å²) in [6.45, 7) is 4.80. The highest BCUT2D eigenvalue weighted by atomic mass is 16.5. The van der Waals surface area contributed by atoms with E-state index in [4.69, 9.17) is 9.47 Å². The molecule has 1 rings (SSSR count). The number of nitrogens with zero attached hydrogens (tertiary/aromatic N) is 1. The van der Waals surface area contributed by atoms with Crippen LogP contribution in [0.15, 0.2) is 18.3 Å². The lowest BCUT2D eigenvalue weighted by Gasteiger charge is -2.13. The lowest BCUT2D eigenvalue weighted by atomic mass is 10.3. The number of esters is 1. The van der Waals surface area contributed by atoms with Crippen molar-refractivity contribution in [3.63, 3.8) is 0 Å². The molecule has 0 saturated carbocycles. The standard InChI is InChI=1S/C12H18N2O3/c1-4-16-12(15)10-5-6-11(14-8-10)17-9(2)7-13-3/h5-6,8-9,13H,4,7H2,1-3H3. The molecule has 0 aromatic carbocycles. The molecule has 1 aromatic rings. The number of pyridine rings is 1. The maximum Gasteiger partial charge on any atom is 0.339 e. The summed E-state index contributed by atoms with van der Waals surface area (Å²) in [7, 11) is 1.86. The Labute approximate surface area is 101 Å². The first kappa shape index (κ1) is 13.4. The van der Waals surface area contributed by atoms with E-state index in [2.05, 4.69) is 10.3 Å². The first-order chi connectivity index (χ1) is 8.17. The molecule has 1 atom stereocenters. The fourth-order valence-corrected chi connectivity index (χ4v) is 1.32. The van der Waals surface area contributed by atoms with Crippen LogP contribution in [-0.2, 0) is 4.74 Å². The van der Waals surface area contributed by atoms with Crippen LogP contribution in [0.1, 0.15) is 24.2 Å². The third kappa shape index (κ3) is 4.40. The van der Waals surface area contributed by atoms with E-state index in [-0.39, 0.29) is 12.1 Å². The molecule has 5 heteroatoms. The number of aromatic nitrogens is 1. The summed E-state index contributed by atoms with van der Waals surface area (Å²) in [6.07, 6.45) is 1.49. The Morgan fingerprint density at radius 2 is 2.29 bits per heavy atom. The van der Waals surface area contributed by atoms with E-state index in [1.807, 2.05) is 14.0 Å². The van der Waals surface area contributed by atoms with Crippen molar-refractivity contribution in [1.29, 1.82) is 0 Å². The summed E-state index contributed by atoms with van der Waals surface area (Å²) in [5.74, 6) is 0.135. The van der Waals surface area contributed by atoms with Crippen molar-refractivity contribution in [1.82, 2.24) is 10.3 Å². The van der Waals surface area contributed by atoms with E-state index in [1.54, 1.807) is 19.1 Å². The monoisotopic (exact) mass is 238 g/mol. The van der Waals surface area contributed by atoms with Crippen LogP contribution in [-0.4, -0.2) is 37.3 Å². The molecule has 1 unspecified atom stereocenters. The van der Waals surface area contributed by atoms with Gasteiger partial charge < -0.3 is 14.8 Å². The third-order valence-corrected chi connectivity index (χ3v) is 2.06. The Balaban J connectivity index is 2.58.